The Labute approximate surface area is 196 Å². The summed E-state index contributed by atoms with van der Waals surface area (Å²) in [6.07, 6.45) is 0.642. The Morgan fingerprint density at radius 1 is 1.25 bits per heavy atom. The maximum absolute atomic E-state index is 13.2. The SMILES string of the molecule is CCOc1c(C)nc2c(c1C)CN(CC(=O)c1cc(CC)c(O)c(C(C)(C)C)c1)C2=N.Cl. The van der Waals surface area contributed by atoms with Crippen LogP contribution in [-0.2, 0) is 18.4 Å². The number of rotatable bonds is 6. The number of Topliss-reactive ketones (excluding diaryl/α,β-unsaturated/α-hetero) is 1. The largest absolute Gasteiger partial charge is 0.507 e. The molecule has 1 aromatic carbocycles. The summed E-state index contributed by atoms with van der Waals surface area (Å²) in [7, 11) is 0. The normalized spacial score (nSPS) is 13.1. The summed E-state index contributed by atoms with van der Waals surface area (Å²) in [5.74, 6) is 1.23. The lowest BCUT2D eigenvalue weighted by Crippen LogP contribution is -2.30. The van der Waals surface area contributed by atoms with E-state index in [-0.39, 0.29) is 41.7 Å². The molecule has 6 nitrogen and oxygen atoms in total. The number of nitrogens with zero attached hydrogens (tertiary/aromatic N) is 2. The van der Waals surface area contributed by atoms with Crippen molar-refractivity contribution in [1.29, 1.82) is 5.41 Å². The average molecular weight is 460 g/mol. The molecule has 0 unspecified atom stereocenters. The van der Waals surface area contributed by atoms with Gasteiger partial charge in [-0.3, -0.25) is 10.2 Å². The van der Waals surface area contributed by atoms with E-state index in [0.717, 1.165) is 33.7 Å². The number of nitrogens with one attached hydrogen (secondary N) is 1. The Morgan fingerprint density at radius 2 is 1.91 bits per heavy atom. The van der Waals surface area contributed by atoms with Gasteiger partial charge < -0.3 is 14.7 Å². The zero-order valence-corrected chi connectivity index (χ0v) is 20.9. The Bertz CT molecular complexity index is 1060. The Hall–Kier alpha value is -2.60. The molecule has 0 fully saturated rings. The van der Waals surface area contributed by atoms with Gasteiger partial charge in [-0.1, -0.05) is 27.7 Å². The number of ketones is 1. The van der Waals surface area contributed by atoms with Crippen LogP contribution in [0.5, 0.6) is 11.5 Å². The molecule has 0 aliphatic carbocycles. The van der Waals surface area contributed by atoms with E-state index in [1.165, 1.54) is 0 Å². The molecule has 0 amide bonds. The Balaban J connectivity index is 0.00000363. The van der Waals surface area contributed by atoms with Gasteiger partial charge in [-0.15, -0.1) is 12.4 Å². The molecule has 2 heterocycles. The molecular formula is C25H34ClN3O3. The van der Waals surface area contributed by atoms with Gasteiger partial charge in [-0.25, -0.2) is 4.98 Å². The molecule has 1 aliphatic rings. The van der Waals surface area contributed by atoms with Crippen LogP contribution in [0, 0.1) is 19.3 Å². The van der Waals surface area contributed by atoms with E-state index < -0.39 is 0 Å². The maximum atomic E-state index is 13.2. The van der Waals surface area contributed by atoms with Crippen molar-refractivity contribution in [2.24, 2.45) is 0 Å². The van der Waals surface area contributed by atoms with Gasteiger partial charge in [0.1, 0.15) is 23.0 Å². The number of carbonyl (C=O) groups excluding carboxylic acids is 1. The first-order valence-corrected chi connectivity index (χ1v) is 10.9. The van der Waals surface area contributed by atoms with E-state index in [1.54, 1.807) is 17.0 Å². The fraction of sp³-hybridized carbons (Fsp3) is 0.480. The molecule has 1 aromatic heterocycles. The van der Waals surface area contributed by atoms with E-state index in [0.29, 0.717) is 30.8 Å². The zero-order chi connectivity index (χ0) is 23.1. The third-order valence-corrected chi connectivity index (χ3v) is 5.90. The predicted molar refractivity (Wildman–Crippen MR) is 130 cm³/mol. The smallest absolute Gasteiger partial charge is 0.182 e. The number of aromatic hydroxyl groups is 1. The number of fused-ring (bicyclic) bond motifs is 1. The highest BCUT2D eigenvalue weighted by Crippen LogP contribution is 2.36. The van der Waals surface area contributed by atoms with Crippen LogP contribution in [0.2, 0.25) is 0 Å². The van der Waals surface area contributed by atoms with Gasteiger partial charge >= 0.3 is 0 Å². The first-order valence-electron chi connectivity index (χ1n) is 10.9. The molecule has 0 spiro atoms. The van der Waals surface area contributed by atoms with Crippen molar-refractivity contribution in [1.82, 2.24) is 9.88 Å². The van der Waals surface area contributed by atoms with Gasteiger partial charge in [-0.2, -0.15) is 0 Å². The van der Waals surface area contributed by atoms with Crippen molar-refractivity contribution in [3.05, 3.63) is 51.3 Å². The van der Waals surface area contributed by atoms with Gasteiger partial charge in [0.2, 0.25) is 0 Å². The van der Waals surface area contributed by atoms with E-state index in [1.807, 2.05) is 48.5 Å². The van der Waals surface area contributed by atoms with Gasteiger partial charge in [0, 0.05) is 28.8 Å². The second-order valence-electron chi connectivity index (χ2n) is 9.17. The van der Waals surface area contributed by atoms with Crippen LogP contribution >= 0.6 is 12.4 Å². The van der Waals surface area contributed by atoms with Gasteiger partial charge in [-0.05, 0) is 50.3 Å². The monoisotopic (exact) mass is 459 g/mol. The number of benzene rings is 1. The molecule has 32 heavy (non-hydrogen) atoms. The number of ether oxygens (including phenoxy) is 1. The molecule has 2 aromatic rings. The van der Waals surface area contributed by atoms with Crippen LogP contribution in [-0.4, -0.2) is 39.8 Å². The average Bonchev–Trinajstić information content (AvgIpc) is 3.00. The third kappa shape index (κ3) is 4.60. The highest BCUT2D eigenvalue weighted by Gasteiger charge is 2.31. The number of pyridine rings is 1. The molecule has 0 saturated heterocycles. The molecule has 7 heteroatoms. The number of amidine groups is 1. The second-order valence-corrected chi connectivity index (χ2v) is 9.17. The summed E-state index contributed by atoms with van der Waals surface area (Å²) in [6.45, 7) is 15.0. The van der Waals surface area contributed by atoms with Crippen molar-refractivity contribution in [3.8, 4) is 11.5 Å². The van der Waals surface area contributed by atoms with Gasteiger partial charge in [0.05, 0.1) is 18.8 Å². The van der Waals surface area contributed by atoms with E-state index >= 15 is 0 Å². The van der Waals surface area contributed by atoms with Crippen LogP contribution in [0.25, 0.3) is 0 Å². The summed E-state index contributed by atoms with van der Waals surface area (Å²) >= 11 is 0. The lowest BCUT2D eigenvalue weighted by atomic mass is 9.83. The number of hydrogen-bond donors (Lipinski definition) is 2. The standard InChI is InChI=1S/C25H33N3O3.ClH/c1-8-16-10-17(11-19(22(16)30)25(5,6)7)20(29)13-28-12-18-14(3)23(31-9-2)15(4)27-21(18)24(28)26;/h10-11,26,30H,8-9,12-13H2,1-7H3;1H. The summed E-state index contributed by atoms with van der Waals surface area (Å²) in [6, 6.07) is 3.57. The maximum Gasteiger partial charge on any atom is 0.182 e. The summed E-state index contributed by atoms with van der Waals surface area (Å²) < 4.78 is 5.75. The van der Waals surface area contributed by atoms with Crippen LogP contribution in [0.4, 0.5) is 0 Å². The first kappa shape index (κ1) is 25.7. The van der Waals surface area contributed by atoms with Crippen molar-refractivity contribution in [2.75, 3.05) is 13.2 Å². The minimum atomic E-state index is -0.283. The Morgan fingerprint density at radius 3 is 2.47 bits per heavy atom. The molecule has 1 aliphatic heterocycles. The van der Waals surface area contributed by atoms with Crippen molar-refractivity contribution < 1.29 is 14.6 Å². The molecule has 0 atom stereocenters. The highest BCUT2D eigenvalue weighted by atomic mass is 35.5. The minimum absolute atomic E-state index is 0. The number of phenolic OH excluding ortho intramolecular Hbond substituents is 1. The summed E-state index contributed by atoms with van der Waals surface area (Å²) in [4.78, 5) is 19.6. The lowest BCUT2D eigenvalue weighted by Gasteiger charge is -2.23. The third-order valence-electron chi connectivity index (χ3n) is 5.90. The van der Waals surface area contributed by atoms with E-state index in [2.05, 4.69) is 4.98 Å². The number of phenols is 1. The second kappa shape index (κ2) is 9.49. The first-order chi connectivity index (χ1) is 14.5. The highest BCUT2D eigenvalue weighted by molar-refractivity contribution is 6.04. The lowest BCUT2D eigenvalue weighted by molar-refractivity contribution is 0.0962. The van der Waals surface area contributed by atoms with Gasteiger partial charge in [0.25, 0.3) is 0 Å². The quantitative estimate of drug-likeness (QED) is 0.586. The van der Waals surface area contributed by atoms with Crippen LogP contribution in [0.3, 0.4) is 0 Å². The predicted octanol–water partition coefficient (Wildman–Crippen LogP) is 5.11. The molecule has 0 bridgehead atoms. The van der Waals surface area contributed by atoms with Gasteiger partial charge in [0.15, 0.2) is 5.78 Å². The van der Waals surface area contributed by atoms with Crippen molar-refractivity contribution in [3.63, 3.8) is 0 Å². The summed E-state index contributed by atoms with van der Waals surface area (Å²) in [5, 5.41) is 19.2. The van der Waals surface area contributed by atoms with Crippen molar-refractivity contribution in [2.45, 2.75) is 66.8 Å². The molecular weight excluding hydrogens is 426 g/mol. The molecule has 0 radical (unpaired) electrons. The molecule has 3 rings (SSSR count). The number of halogens is 1. The fourth-order valence-corrected chi connectivity index (χ4v) is 4.13. The topological polar surface area (TPSA) is 86.5 Å². The molecule has 0 saturated carbocycles. The number of carbonyl (C=O) groups is 1. The Kier molecular flexibility index (Phi) is 7.61. The number of aryl methyl sites for hydroxylation is 2. The van der Waals surface area contributed by atoms with Crippen LogP contribution in [0.1, 0.15) is 78.6 Å². The minimum Gasteiger partial charge on any atom is -0.507 e. The van der Waals surface area contributed by atoms with E-state index in [9.17, 15) is 9.90 Å². The molecule has 174 valence electrons. The zero-order valence-electron chi connectivity index (χ0n) is 20.0. The number of hydrogen-bond acceptors (Lipinski definition) is 5. The molecule has 2 N–H and O–H groups in total. The van der Waals surface area contributed by atoms with Crippen LogP contribution < -0.4 is 4.74 Å². The number of aromatic nitrogens is 1. The fourth-order valence-electron chi connectivity index (χ4n) is 4.13. The van der Waals surface area contributed by atoms with Crippen molar-refractivity contribution >= 4 is 24.0 Å². The summed E-state index contributed by atoms with van der Waals surface area (Å²) in [5.41, 5.74) is 5.14. The van der Waals surface area contributed by atoms with Crippen LogP contribution in [0.15, 0.2) is 12.1 Å². The van der Waals surface area contributed by atoms with E-state index in [4.69, 9.17) is 10.1 Å².